The number of hydrogen-bond donors (Lipinski definition) is 2. The van der Waals surface area contributed by atoms with Gasteiger partial charge in [-0.1, -0.05) is 30.3 Å². The van der Waals surface area contributed by atoms with Gasteiger partial charge in [-0.05, 0) is 43.2 Å². The number of carbonyl (C=O) groups is 2. The minimum Gasteiger partial charge on any atom is -0.497 e. The number of ether oxygens (including phenoxy) is 1. The fourth-order valence-electron chi connectivity index (χ4n) is 2.42. The van der Waals surface area contributed by atoms with Gasteiger partial charge in [0.05, 0.1) is 18.3 Å². The van der Waals surface area contributed by atoms with E-state index >= 15 is 0 Å². The molecule has 0 aliphatic carbocycles. The van der Waals surface area contributed by atoms with Crippen molar-refractivity contribution < 1.29 is 19.4 Å². The Balaban J connectivity index is 1.86. The highest BCUT2D eigenvalue weighted by Gasteiger charge is 2.21. The first-order valence-electron chi connectivity index (χ1n) is 8.34. The maximum absolute atomic E-state index is 12.3. The molecule has 2 aromatic rings. The van der Waals surface area contributed by atoms with E-state index in [0.29, 0.717) is 6.42 Å². The van der Waals surface area contributed by atoms with Gasteiger partial charge in [-0.3, -0.25) is 9.59 Å². The van der Waals surface area contributed by atoms with Crippen LogP contribution < -0.4 is 10.1 Å². The highest BCUT2D eigenvalue weighted by molar-refractivity contribution is 8.00. The van der Waals surface area contributed by atoms with E-state index in [0.717, 1.165) is 16.2 Å². The zero-order chi connectivity index (χ0) is 18.9. The summed E-state index contributed by atoms with van der Waals surface area (Å²) in [5.41, 5.74) is 0.940. The molecule has 2 N–H and O–H groups in total. The second-order valence-electron chi connectivity index (χ2n) is 5.91. The second-order valence-corrected chi connectivity index (χ2v) is 7.32. The Morgan fingerprint density at radius 2 is 1.77 bits per heavy atom. The van der Waals surface area contributed by atoms with Crippen LogP contribution in [0.5, 0.6) is 5.75 Å². The lowest BCUT2D eigenvalue weighted by molar-refractivity contribution is -0.141. The molecule has 0 aliphatic heterocycles. The molecule has 26 heavy (non-hydrogen) atoms. The number of carbonyl (C=O) groups excluding carboxylic acids is 1. The van der Waals surface area contributed by atoms with Gasteiger partial charge in [0.1, 0.15) is 5.75 Å². The van der Waals surface area contributed by atoms with Crippen LogP contribution in [0, 0.1) is 5.92 Å². The van der Waals surface area contributed by atoms with E-state index in [4.69, 9.17) is 4.74 Å². The van der Waals surface area contributed by atoms with Crippen molar-refractivity contribution in [2.24, 2.45) is 5.92 Å². The molecule has 0 saturated heterocycles. The molecule has 6 heteroatoms. The van der Waals surface area contributed by atoms with Gasteiger partial charge in [-0.15, -0.1) is 11.8 Å². The largest absolute Gasteiger partial charge is 0.497 e. The molecule has 0 aromatic heterocycles. The molecule has 0 heterocycles. The average Bonchev–Trinajstić information content (AvgIpc) is 2.66. The summed E-state index contributed by atoms with van der Waals surface area (Å²) in [5, 5.41) is 11.8. The fourth-order valence-corrected chi connectivity index (χ4v) is 3.32. The normalized spacial score (nSPS) is 12.8. The number of aliphatic carboxylic acids is 1. The molecule has 0 aliphatic rings. The van der Waals surface area contributed by atoms with Crippen molar-refractivity contribution >= 4 is 23.6 Å². The molecular formula is C20H23NO4S. The lowest BCUT2D eigenvalue weighted by Crippen LogP contribution is -2.37. The quantitative estimate of drug-likeness (QED) is 0.660. The molecular weight excluding hydrogens is 350 g/mol. The summed E-state index contributed by atoms with van der Waals surface area (Å²) in [4.78, 5) is 24.7. The lowest BCUT2D eigenvalue weighted by Gasteiger charge is -2.16. The zero-order valence-electron chi connectivity index (χ0n) is 14.8. The van der Waals surface area contributed by atoms with Crippen LogP contribution in [0.4, 0.5) is 0 Å². The van der Waals surface area contributed by atoms with Gasteiger partial charge in [-0.25, -0.2) is 0 Å². The van der Waals surface area contributed by atoms with Gasteiger partial charge in [0, 0.05) is 11.4 Å². The number of nitrogens with one attached hydrogen (secondary N) is 1. The van der Waals surface area contributed by atoms with E-state index in [1.165, 1.54) is 11.8 Å². The van der Waals surface area contributed by atoms with Crippen molar-refractivity contribution in [2.75, 3.05) is 13.7 Å². The molecule has 0 spiro atoms. The zero-order valence-corrected chi connectivity index (χ0v) is 15.7. The van der Waals surface area contributed by atoms with Gasteiger partial charge in [-0.2, -0.15) is 0 Å². The summed E-state index contributed by atoms with van der Waals surface area (Å²) < 4.78 is 5.11. The third kappa shape index (κ3) is 6.11. The molecule has 2 unspecified atom stereocenters. The van der Waals surface area contributed by atoms with E-state index in [2.05, 4.69) is 5.32 Å². The van der Waals surface area contributed by atoms with Gasteiger partial charge < -0.3 is 15.2 Å². The highest BCUT2D eigenvalue weighted by atomic mass is 32.2. The van der Waals surface area contributed by atoms with Crippen molar-refractivity contribution in [3.63, 3.8) is 0 Å². The minimum atomic E-state index is -0.912. The summed E-state index contributed by atoms with van der Waals surface area (Å²) in [6, 6.07) is 16.9. The Morgan fingerprint density at radius 3 is 2.35 bits per heavy atom. The number of thioether (sulfide) groups is 1. The first-order chi connectivity index (χ1) is 12.5. The molecule has 0 fully saturated rings. The fraction of sp³-hybridized carbons (Fsp3) is 0.300. The first kappa shape index (κ1) is 19.8. The van der Waals surface area contributed by atoms with E-state index < -0.39 is 11.9 Å². The van der Waals surface area contributed by atoms with E-state index in [1.807, 2.05) is 54.6 Å². The van der Waals surface area contributed by atoms with Crippen molar-refractivity contribution in [3.05, 3.63) is 60.2 Å². The number of amides is 1. The molecule has 0 bridgehead atoms. The number of rotatable bonds is 9. The first-order valence-corrected chi connectivity index (χ1v) is 9.22. The van der Waals surface area contributed by atoms with Gasteiger partial charge in [0.2, 0.25) is 5.91 Å². The average molecular weight is 373 g/mol. The summed E-state index contributed by atoms with van der Waals surface area (Å²) in [6.07, 6.45) is 0.385. The van der Waals surface area contributed by atoms with Crippen LogP contribution >= 0.6 is 11.8 Å². The SMILES string of the molecule is COc1ccc(SC(C)C(=O)NCC(Cc2ccccc2)C(=O)O)cc1. The van der Waals surface area contributed by atoms with Crippen molar-refractivity contribution in [2.45, 2.75) is 23.5 Å². The Bertz CT molecular complexity index is 718. The minimum absolute atomic E-state index is 0.108. The molecule has 0 radical (unpaired) electrons. The summed E-state index contributed by atoms with van der Waals surface area (Å²) in [6.45, 7) is 1.91. The van der Waals surface area contributed by atoms with Crippen molar-refractivity contribution in [1.82, 2.24) is 5.32 Å². The monoisotopic (exact) mass is 373 g/mol. The summed E-state index contributed by atoms with van der Waals surface area (Å²) in [7, 11) is 1.60. The Morgan fingerprint density at radius 1 is 1.12 bits per heavy atom. The highest BCUT2D eigenvalue weighted by Crippen LogP contribution is 2.25. The predicted molar refractivity (Wildman–Crippen MR) is 103 cm³/mol. The number of methoxy groups -OCH3 is 1. The van der Waals surface area contributed by atoms with E-state index in [9.17, 15) is 14.7 Å². The van der Waals surface area contributed by atoms with Gasteiger partial charge in [0.25, 0.3) is 0 Å². The third-order valence-corrected chi connectivity index (χ3v) is 5.05. The molecule has 2 atom stereocenters. The van der Waals surface area contributed by atoms with Crippen LogP contribution in [0.25, 0.3) is 0 Å². The van der Waals surface area contributed by atoms with Gasteiger partial charge in [0.15, 0.2) is 0 Å². The van der Waals surface area contributed by atoms with Crippen LogP contribution in [-0.4, -0.2) is 35.9 Å². The van der Waals surface area contributed by atoms with E-state index in [1.54, 1.807) is 14.0 Å². The standard InChI is InChI=1S/C20H23NO4S/c1-14(26-18-10-8-17(25-2)9-11-18)19(22)21-13-16(20(23)24)12-15-6-4-3-5-7-15/h3-11,14,16H,12-13H2,1-2H3,(H,21,22)(H,23,24). The smallest absolute Gasteiger partial charge is 0.308 e. The van der Waals surface area contributed by atoms with Crippen LogP contribution in [0.1, 0.15) is 12.5 Å². The topological polar surface area (TPSA) is 75.6 Å². The number of hydrogen-bond acceptors (Lipinski definition) is 4. The summed E-state index contributed by atoms with van der Waals surface area (Å²) >= 11 is 1.42. The van der Waals surface area contributed by atoms with Crippen LogP contribution in [0.2, 0.25) is 0 Å². The third-order valence-electron chi connectivity index (χ3n) is 3.94. The molecule has 1 amide bonds. The predicted octanol–water partition coefficient (Wildman–Crippen LogP) is 3.24. The number of carboxylic acids is 1. The van der Waals surface area contributed by atoms with Crippen LogP contribution in [-0.2, 0) is 16.0 Å². The van der Waals surface area contributed by atoms with Crippen LogP contribution in [0.3, 0.4) is 0 Å². The number of carboxylic acid groups (broad SMARTS) is 1. The second kappa shape index (κ2) is 9.87. The Hall–Kier alpha value is -2.47. The summed E-state index contributed by atoms with van der Waals surface area (Å²) in [5.74, 6) is -0.981. The molecule has 2 aromatic carbocycles. The van der Waals surface area contributed by atoms with Crippen molar-refractivity contribution in [1.29, 1.82) is 0 Å². The maximum atomic E-state index is 12.3. The van der Waals surface area contributed by atoms with Gasteiger partial charge >= 0.3 is 5.97 Å². The maximum Gasteiger partial charge on any atom is 0.308 e. The molecule has 2 rings (SSSR count). The number of benzene rings is 2. The van der Waals surface area contributed by atoms with Crippen LogP contribution in [0.15, 0.2) is 59.5 Å². The van der Waals surface area contributed by atoms with Crippen molar-refractivity contribution in [3.8, 4) is 5.75 Å². The Labute approximate surface area is 157 Å². The molecule has 0 saturated carbocycles. The van der Waals surface area contributed by atoms with E-state index in [-0.39, 0.29) is 17.7 Å². The molecule has 138 valence electrons. The Kier molecular flexibility index (Phi) is 7.53. The molecule has 5 nitrogen and oxygen atoms in total. The lowest BCUT2D eigenvalue weighted by atomic mass is 9.99.